The molecule has 0 aliphatic carbocycles. The average molecular weight is 352 g/mol. The number of hydrogen-bond donors (Lipinski definition) is 1. The van der Waals surface area contributed by atoms with Crippen LogP contribution in [0.5, 0.6) is 0 Å². The van der Waals surface area contributed by atoms with Gasteiger partial charge in [0.05, 0.1) is 0 Å². The van der Waals surface area contributed by atoms with Crippen molar-refractivity contribution in [2.45, 2.75) is 72.3 Å². The van der Waals surface area contributed by atoms with Crippen LogP contribution in [0.25, 0.3) is 0 Å². The highest BCUT2D eigenvalue weighted by atomic mass is 16.1. The lowest BCUT2D eigenvalue weighted by atomic mass is 9.86. The summed E-state index contributed by atoms with van der Waals surface area (Å²) < 4.78 is 0. The number of amides is 1. The molecule has 26 heavy (non-hydrogen) atoms. The van der Waals surface area contributed by atoms with Crippen LogP contribution in [0, 0.1) is 0 Å². The van der Waals surface area contributed by atoms with Gasteiger partial charge in [-0.1, -0.05) is 77.1 Å². The van der Waals surface area contributed by atoms with E-state index < -0.39 is 0 Å². The monoisotopic (exact) mass is 351 g/mol. The molecule has 2 aromatic rings. The largest absolute Gasteiger partial charge is 0.352 e. The van der Waals surface area contributed by atoms with Crippen LogP contribution in [-0.2, 0) is 36.0 Å². The molecular formula is C24H33NO. The van der Waals surface area contributed by atoms with E-state index in [0.717, 1.165) is 19.3 Å². The lowest BCUT2D eigenvalue weighted by molar-refractivity contribution is -0.121. The predicted molar refractivity (Wildman–Crippen MR) is 111 cm³/mol. The SMILES string of the molecule is CCc1ccc(CC)c(CNC(=O)CCc2ccc(C(C)(C)C)cc2)c1. The van der Waals surface area contributed by atoms with Gasteiger partial charge in [0.15, 0.2) is 0 Å². The minimum Gasteiger partial charge on any atom is -0.352 e. The van der Waals surface area contributed by atoms with Crippen LogP contribution in [0.15, 0.2) is 42.5 Å². The molecule has 140 valence electrons. The highest BCUT2D eigenvalue weighted by molar-refractivity contribution is 5.76. The van der Waals surface area contributed by atoms with Crippen LogP contribution in [0.3, 0.4) is 0 Å². The number of nitrogens with one attached hydrogen (secondary N) is 1. The Bertz CT molecular complexity index is 723. The lowest BCUT2D eigenvalue weighted by Gasteiger charge is -2.19. The van der Waals surface area contributed by atoms with E-state index in [2.05, 4.69) is 82.4 Å². The Labute approximate surface area is 159 Å². The molecule has 0 saturated heterocycles. The average Bonchev–Trinajstić information content (AvgIpc) is 2.64. The van der Waals surface area contributed by atoms with Gasteiger partial charge >= 0.3 is 0 Å². The maximum absolute atomic E-state index is 12.3. The third kappa shape index (κ3) is 5.72. The second-order valence-electron chi connectivity index (χ2n) is 8.03. The molecule has 0 bridgehead atoms. The summed E-state index contributed by atoms with van der Waals surface area (Å²) >= 11 is 0. The fraction of sp³-hybridized carbons (Fsp3) is 0.458. The highest BCUT2D eigenvalue weighted by Gasteiger charge is 2.13. The standard InChI is InChI=1S/C24H33NO/c1-6-18-8-12-20(7-2)21(16-18)17-25-23(26)15-11-19-9-13-22(14-10-19)24(3,4)5/h8-10,12-14,16H,6-7,11,15,17H2,1-5H3,(H,25,26). The van der Waals surface area contributed by atoms with Gasteiger partial charge in [-0.05, 0) is 52.5 Å². The van der Waals surface area contributed by atoms with Crippen LogP contribution in [0.1, 0.15) is 68.9 Å². The van der Waals surface area contributed by atoms with Crippen LogP contribution >= 0.6 is 0 Å². The number of carbonyl (C=O) groups excluding carboxylic acids is 1. The molecule has 1 N–H and O–H groups in total. The smallest absolute Gasteiger partial charge is 0.220 e. The Morgan fingerprint density at radius 3 is 2.12 bits per heavy atom. The Morgan fingerprint density at radius 1 is 0.885 bits per heavy atom. The summed E-state index contributed by atoms with van der Waals surface area (Å²) in [5.41, 5.74) is 6.60. The first-order valence-corrected chi connectivity index (χ1v) is 9.80. The van der Waals surface area contributed by atoms with Crippen molar-refractivity contribution >= 4 is 5.91 Å². The molecule has 2 aromatic carbocycles. The minimum atomic E-state index is 0.119. The van der Waals surface area contributed by atoms with E-state index in [-0.39, 0.29) is 11.3 Å². The number of benzene rings is 2. The Morgan fingerprint density at radius 2 is 1.54 bits per heavy atom. The molecule has 0 aliphatic heterocycles. The van der Waals surface area contributed by atoms with Gasteiger partial charge in [0, 0.05) is 13.0 Å². The zero-order valence-corrected chi connectivity index (χ0v) is 17.0. The van der Waals surface area contributed by atoms with Gasteiger partial charge in [-0.15, -0.1) is 0 Å². The third-order valence-electron chi connectivity index (χ3n) is 5.00. The molecule has 0 atom stereocenters. The van der Waals surface area contributed by atoms with Gasteiger partial charge in [0.2, 0.25) is 5.91 Å². The van der Waals surface area contributed by atoms with Crippen LogP contribution in [0.2, 0.25) is 0 Å². The Hall–Kier alpha value is -2.09. The number of carbonyl (C=O) groups is 1. The number of rotatable bonds is 7. The molecule has 1 amide bonds. The second kappa shape index (κ2) is 9.02. The van der Waals surface area contributed by atoms with Gasteiger partial charge in [0.25, 0.3) is 0 Å². The van der Waals surface area contributed by atoms with Crippen molar-refractivity contribution in [2.24, 2.45) is 0 Å². The molecule has 0 spiro atoms. The minimum absolute atomic E-state index is 0.119. The predicted octanol–water partition coefficient (Wildman–Crippen LogP) is 5.36. The molecule has 0 aliphatic rings. The maximum atomic E-state index is 12.3. The van der Waals surface area contributed by atoms with E-state index in [0.29, 0.717) is 13.0 Å². The Kier molecular flexibility index (Phi) is 7.02. The van der Waals surface area contributed by atoms with Crippen molar-refractivity contribution in [2.75, 3.05) is 0 Å². The van der Waals surface area contributed by atoms with Gasteiger partial charge in [-0.2, -0.15) is 0 Å². The van der Waals surface area contributed by atoms with Gasteiger partial charge in [-0.25, -0.2) is 0 Å². The fourth-order valence-electron chi connectivity index (χ4n) is 3.12. The molecule has 2 nitrogen and oxygen atoms in total. The molecule has 0 unspecified atom stereocenters. The van der Waals surface area contributed by atoms with E-state index in [9.17, 15) is 4.79 Å². The van der Waals surface area contributed by atoms with Gasteiger partial charge in [0.1, 0.15) is 0 Å². The van der Waals surface area contributed by atoms with E-state index in [1.807, 2.05) is 0 Å². The molecule has 0 heterocycles. The maximum Gasteiger partial charge on any atom is 0.220 e. The molecule has 0 radical (unpaired) electrons. The molecule has 2 rings (SSSR count). The van der Waals surface area contributed by atoms with Crippen molar-refractivity contribution in [1.82, 2.24) is 5.32 Å². The van der Waals surface area contributed by atoms with Crippen LogP contribution in [-0.4, -0.2) is 5.91 Å². The topological polar surface area (TPSA) is 29.1 Å². The number of aryl methyl sites for hydroxylation is 3. The quantitative estimate of drug-likeness (QED) is 0.715. The summed E-state index contributed by atoms with van der Waals surface area (Å²) in [5, 5.41) is 3.09. The van der Waals surface area contributed by atoms with Crippen molar-refractivity contribution in [1.29, 1.82) is 0 Å². The van der Waals surface area contributed by atoms with Crippen LogP contribution in [0.4, 0.5) is 0 Å². The zero-order valence-electron chi connectivity index (χ0n) is 17.0. The van der Waals surface area contributed by atoms with Crippen molar-refractivity contribution in [3.63, 3.8) is 0 Å². The first-order chi connectivity index (χ1) is 12.3. The van der Waals surface area contributed by atoms with Crippen molar-refractivity contribution in [3.05, 3.63) is 70.3 Å². The summed E-state index contributed by atoms with van der Waals surface area (Å²) in [4.78, 5) is 12.3. The number of hydrogen-bond acceptors (Lipinski definition) is 1. The molecule has 0 fully saturated rings. The summed E-state index contributed by atoms with van der Waals surface area (Å²) in [5.74, 6) is 0.119. The zero-order chi connectivity index (χ0) is 19.2. The van der Waals surface area contributed by atoms with Crippen LogP contribution < -0.4 is 5.32 Å². The third-order valence-corrected chi connectivity index (χ3v) is 5.00. The van der Waals surface area contributed by atoms with E-state index in [4.69, 9.17) is 0 Å². The first-order valence-electron chi connectivity index (χ1n) is 9.80. The van der Waals surface area contributed by atoms with Gasteiger partial charge in [-0.3, -0.25) is 4.79 Å². The first kappa shape index (κ1) is 20.2. The van der Waals surface area contributed by atoms with E-state index in [1.54, 1.807) is 0 Å². The molecule has 0 aromatic heterocycles. The fourth-order valence-corrected chi connectivity index (χ4v) is 3.12. The summed E-state index contributed by atoms with van der Waals surface area (Å²) in [7, 11) is 0. The summed E-state index contributed by atoms with van der Waals surface area (Å²) in [6.07, 6.45) is 3.33. The normalized spacial score (nSPS) is 11.4. The second-order valence-corrected chi connectivity index (χ2v) is 8.03. The molecular weight excluding hydrogens is 318 g/mol. The van der Waals surface area contributed by atoms with Gasteiger partial charge < -0.3 is 5.32 Å². The molecule has 0 saturated carbocycles. The Balaban J connectivity index is 1.88. The van der Waals surface area contributed by atoms with E-state index >= 15 is 0 Å². The van der Waals surface area contributed by atoms with Crippen molar-refractivity contribution in [3.8, 4) is 0 Å². The molecule has 2 heteroatoms. The van der Waals surface area contributed by atoms with Crippen molar-refractivity contribution < 1.29 is 4.79 Å². The lowest BCUT2D eigenvalue weighted by Crippen LogP contribution is -2.23. The summed E-state index contributed by atoms with van der Waals surface area (Å²) in [6.45, 7) is 11.6. The highest BCUT2D eigenvalue weighted by Crippen LogP contribution is 2.22. The van der Waals surface area contributed by atoms with E-state index in [1.165, 1.54) is 27.8 Å². The summed E-state index contributed by atoms with van der Waals surface area (Å²) in [6, 6.07) is 15.3.